The lowest BCUT2D eigenvalue weighted by atomic mass is 9.98. The van der Waals surface area contributed by atoms with Gasteiger partial charge in [0.15, 0.2) is 6.29 Å². The molecule has 1 fully saturated rings. The normalized spacial score (nSPS) is 24.7. The minimum atomic E-state index is -0.962. The first-order valence-corrected chi connectivity index (χ1v) is 11.5. The Kier molecular flexibility index (Phi) is 9.21. The Hall–Kier alpha value is -2.58. The highest BCUT2D eigenvalue weighted by molar-refractivity contribution is 5.15. The van der Waals surface area contributed by atoms with Crippen LogP contribution in [-0.2, 0) is 43.5 Å². The van der Waals surface area contributed by atoms with E-state index in [1.54, 1.807) is 7.11 Å². The van der Waals surface area contributed by atoms with E-state index in [-0.39, 0.29) is 6.61 Å². The summed E-state index contributed by atoms with van der Waals surface area (Å²) in [6.07, 6.45) is -3.60. The first kappa shape index (κ1) is 24.5. The molecule has 6 heteroatoms. The van der Waals surface area contributed by atoms with Crippen LogP contribution in [0.25, 0.3) is 0 Å². The molecular formula is C28H32O6. The molecule has 0 radical (unpaired) electrons. The van der Waals surface area contributed by atoms with Gasteiger partial charge in [0.25, 0.3) is 0 Å². The first-order chi connectivity index (χ1) is 16.7. The summed E-state index contributed by atoms with van der Waals surface area (Å²) < 4.78 is 29.9. The van der Waals surface area contributed by atoms with Crippen LogP contribution in [0.5, 0.6) is 0 Å². The molecule has 6 nitrogen and oxygen atoms in total. The van der Waals surface area contributed by atoms with Gasteiger partial charge in [-0.15, -0.1) is 0 Å². The second kappa shape index (κ2) is 12.8. The molecule has 5 atom stereocenters. The first-order valence-electron chi connectivity index (χ1n) is 11.5. The number of hydrogen-bond donors (Lipinski definition) is 1. The maximum atomic E-state index is 11.3. The highest BCUT2D eigenvalue weighted by Crippen LogP contribution is 2.28. The van der Waals surface area contributed by atoms with Crippen molar-refractivity contribution in [3.8, 4) is 0 Å². The van der Waals surface area contributed by atoms with Crippen molar-refractivity contribution < 1.29 is 28.8 Å². The van der Waals surface area contributed by atoms with Gasteiger partial charge in [0.05, 0.1) is 26.4 Å². The number of rotatable bonds is 11. The van der Waals surface area contributed by atoms with E-state index in [9.17, 15) is 5.11 Å². The van der Waals surface area contributed by atoms with Crippen molar-refractivity contribution in [1.29, 1.82) is 0 Å². The lowest BCUT2D eigenvalue weighted by Crippen LogP contribution is -2.60. The van der Waals surface area contributed by atoms with Crippen LogP contribution in [-0.4, -0.2) is 49.5 Å². The van der Waals surface area contributed by atoms with Crippen LogP contribution < -0.4 is 0 Å². The third-order valence-corrected chi connectivity index (χ3v) is 5.81. The van der Waals surface area contributed by atoms with Gasteiger partial charge in [-0.1, -0.05) is 91.0 Å². The van der Waals surface area contributed by atoms with Gasteiger partial charge >= 0.3 is 0 Å². The molecule has 0 aromatic heterocycles. The average Bonchev–Trinajstić information content (AvgIpc) is 2.89. The highest BCUT2D eigenvalue weighted by Gasteiger charge is 2.47. The Morgan fingerprint density at radius 2 is 1.15 bits per heavy atom. The summed E-state index contributed by atoms with van der Waals surface area (Å²) in [5.41, 5.74) is 3.07. The van der Waals surface area contributed by atoms with Gasteiger partial charge in [-0.25, -0.2) is 0 Å². The Bertz CT molecular complexity index is 950. The summed E-state index contributed by atoms with van der Waals surface area (Å²) in [5.74, 6) is 0. The third kappa shape index (κ3) is 6.73. The second-order valence-corrected chi connectivity index (χ2v) is 8.29. The molecule has 1 heterocycles. The van der Waals surface area contributed by atoms with E-state index in [0.29, 0.717) is 19.8 Å². The summed E-state index contributed by atoms with van der Waals surface area (Å²) in [4.78, 5) is 0. The van der Waals surface area contributed by atoms with E-state index in [0.717, 1.165) is 16.7 Å². The largest absolute Gasteiger partial charge is 0.387 e. The van der Waals surface area contributed by atoms with Crippen LogP contribution in [0, 0.1) is 0 Å². The molecule has 4 rings (SSSR count). The summed E-state index contributed by atoms with van der Waals surface area (Å²) in [5, 5.41) is 11.3. The predicted octanol–water partition coefficient (Wildman–Crippen LogP) is 4.11. The number of aliphatic hydroxyl groups excluding tert-OH is 1. The van der Waals surface area contributed by atoms with Crippen molar-refractivity contribution >= 4 is 0 Å². The quantitative estimate of drug-likeness (QED) is 0.461. The zero-order valence-electron chi connectivity index (χ0n) is 19.4. The molecule has 180 valence electrons. The standard InChI is InChI=1S/C28H32O6/c1-30-28-27(33-19-23-15-9-4-10-16-23)25(29)26(32-18-22-13-7-3-8-14-22)24(34-28)20-31-17-21-11-5-2-6-12-21/h2-16,24-29H,17-20H2,1H3/t24-,25+,26+,27-,28+/m1/s1. The van der Waals surface area contributed by atoms with Crippen LogP contribution in [0.1, 0.15) is 16.7 Å². The topological polar surface area (TPSA) is 66.4 Å². The van der Waals surface area contributed by atoms with Crippen molar-refractivity contribution in [3.05, 3.63) is 108 Å². The van der Waals surface area contributed by atoms with Crippen LogP contribution in [0.3, 0.4) is 0 Å². The van der Waals surface area contributed by atoms with Crippen molar-refractivity contribution in [1.82, 2.24) is 0 Å². The van der Waals surface area contributed by atoms with Crippen LogP contribution in [0.15, 0.2) is 91.0 Å². The van der Waals surface area contributed by atoms with Gasteiger partial charge in [-0.3, -0.25) is 0 Å². The predicted molar refractivity (Wildman–Crippen MR) is 128 cm³/mol. The SMILES string of the molecule is CO[C@H]1O[C@H](COCc2ccccc2)[C@H](OCc2ccccc2)[C@H](O)[C@H]1OCc1ccccc1. The maximum absolute atomic E-state index is 11.3. The van der Waals surface area contributed by atoms with Gasteiger partial charge in [-0.05, 0) is 16.7 Å². The second-order valence-electron chi connectivity index (χ2n) is 8.29. The van der Waals surface area contributed by atoms with Gasteiger partial charge in [0.1, 0.15) is 24.4 Å². The monoisotopic (exact) mass is 464 g/mol. The molecule has 3 aromatic carbocycles. The lowest BCUT2D eigenvalue weighted by molar-refractivity contribution is -0.315. The van der Waals surface area contributed by atoms with Gasteiger partial charge in [0.2, 0.25) is 0 Å². The van der Waals surface area contributed by atoms with E-state index in [2.05, 4.69) is 0 Å². The summed E-state index contributed by atoms with van der Waals surface area (Å²) in [6.45, 7) is 1.35. The average molecular weight is 465 g/mol. The molecule has 34 heavy (non-hydrogen) atoms. The minimum Gasteiger partial charge on any atom is -0.387 e. The molecule has 0 saturated carbocycles. The Labute approximate surface area is 201 Å². The molecule has 0 amide bonds. The van der Waals surface area contributed by atoms with Crippen LogP contribution >= 0.6 is 0 Å². The zero-order valence-corrected chi connectivity index (χ0v) is 19.4. The van der Waals surface area contributed by atoms with Crippen molar-refractivity contribution in [2.24, 2.45) is 0 Å². The fourth-order valence-electron chi connectivity index (χ4n) is 4.00. The van der Waals surface area contributed by atoms with Gasteiger partial charge < -0.3 is 28.8 Å². The fourth-order valence-corrected chi connectivity index (χ4v) is 4.00. The number of hydrogen-bond acceptors (Lipinski definition) is 6. The Balaban J connectivity index is 1.44. The Morgan fingerprint density at radius 3 is 1.65 bits per heavy atom. The molecule has 0 spiro atoms. The summed E-state index contributed by atoms with van der Waals surface area (Å²) in [6, 6.07) is 29.6. The Morgan fingerprint density at radius 1 is 0.676 bits per heavy atom. The number of benzene rings is 3. The van der Waals surface area contributed by atoms with E-state index in [1.807, 2.05) is 91.0 Å². The van der Waals surface area contributed by atoms with Crippen molar-refractivity contribution in [3.63, 3.8) is 0 Å². The van der Waals surface area contributed by atoms with Crippen LogP contribution in [0.2, 0.25) is 0 Å². The zero-order chi connectivity index (χ0) is 23.6. The molecule has 0 unspecified atom stereocenters. The molecule has 3 aromatic rings. The number of ether oxygens (including phenoxy) is 5. The van der Waals surface area contributed by atoms with E-state index in [4.69, 9.17) is 23.7 Å². The van der Waals surface area contributed by atoms with Crippen molar-refractivity contribution in [2.45, 2.75) is 50.5 Å². The molecular weight excluding hydrogens is 432 g/mol. The van der Waals surface area contributed by atoms with Gasteiger partial charge in [-0.2, -0.15) is 0 Å². The van der Waals surface area contributed by atoms with Gasteiger partial charge in [0, 0.05) is 7.11 Å². The number of aliphatic hydroxyl groups is 1. The fraction of sp³-hybridized carbons (Fsp3) is 0.357. The van der Waals surface area contributed by atoms with E-state index in [1.165, 1.54) is 0 Å². The number of methoxy groups -OCH3 is 1. The summed E-state index contributed by atoms with van der Waals surface area (Å²) in [7, 11) is 1.54. The third-order valence-electron chi connectivity index (χ3n) is 5.81. The molecule has 0 aliphatic carbocycles. The molecule has 1 N–H and O–H groups in total. The van der Waals surface area contributed by atoms with Crippen molar-refractivity contribution in [2.75, 3.05) is 13.7 Å². The molecule has 1 aliphatic heterocycles. The lowest BCUT2D eigenvalue weighted by Gasteiger charge is -2.43. The molecule has 1 saturated heterocycles. The minimum absolute atomic E-state index is 0.247. The smallest absolute Gasteiger partial charge is 0.186 e. The molecule has 1 aliphatic rings. The van der Waals surface area contributed by atoms with E-state index < -0.39 is 30.7 Å². The maximum Gasteiger partial charge on any atom is 0.186 e. The van der Waals surface area contributed by atoms with E-state index >= 15 is 0 Å². The van der Waals surface area contributed by atoms with Crippen LogP contribution in [0.4, 0.5) is 0 Å². The highest BCUT2D eigenvalue weighted by atomic mass is 16.7. The molecule has 0 bridgehead atoms. The summed E-state index contributed by atoms with van der Waals surface area (Å²) >= 11 is 0.